The highest BCUT2D eigenvalue weighted by molar-refractivity contribution is 6.31. The summed E-state index contributed by atoms with van der Waals surface area (Å²) in [5, 5.41) is 9.37. The van der Waals surface area contributed by atoms with Gasteiger partial charge < -0.3 is 4.74 Å². The van der Waals surface area contributed by atoms with Crippen LogP contribution in [0, 0.1) is 11.3 Å². The summed E-state index contributed by atoms with van der Waals surface area (Å²) in [6.45, 7) is 0.215. The number of aryl methyl sites for hydroxylation is 1. The van der Waals surface area contributed by atoms with Crippen LogP contribution < -0.4 is 0 Å². The Kier molecular flexibility index (Phi) is 5.36. The Hall–Kier alpha value is -2.31. The molecule has 0 spiro atoms. The van der Waals surface area contributed by atoms with Crippen LogP contribution in [0.1, 0.15) is 23.1 Å². The van der Waals surface area contributed by atoms with Gasteiger partial charge in [-0.2, -0.15) is 5.26 Å². The molecule has 0 saturated carbocycles. The normalized spacial score (nSPS) is 9.90. The number of benzene rings is 2. The van der Waals surface area contributed by atoms with Gasteiger partial charge >= 0.3 is 5.97 Å². The van der Waals surface area contributed by atoms with Crippen LogP contribution >= 0.6 is 11.6 Å². The fraction of sp³-hybridized carbons (Fsp3) is 0.176. The number of ether oxygens (including phenoxy) is 1. The topological polar surface area (TPSA) is 50.1 Å². The second-order valence-electron chi connectivity index (χ2n) is 4.56. The molecule has 3 nitrogen and oxygen atoms in total. The number of halogens is 1. The Balaban J connectivity index is 1.79. The van der Waals surface area contributed by atoms with Crippen molar-refractivity contribution in [2.24, 2.45) is 0 Å². The third-order valence-electron chi connectivity index (χ3n) is 3.04. The first-order valence-corrected chi connectivity index (χ1v) is 6.95. The van der Waals surface area contributed by atoms with Crippen molar-refractivity contribution in [1.82, 2.24) is 0 Å². The molecule has 0 aromatic heterocycles. The van der Waals surface area contributed by atoms with E-state index in [0.717, 1.165) is 11.1 Å². The maximum absolute atomic E-state index is 11.7. The van der Waals surface area contributed by atoms with Crippen molar-refractivity contribution in [3.8, 4) is 6.07 Å². The summed E-state index contributed by atoms with van der Waals surface area (Å²) in [5.74, 6) is -0.265. The SMILES string of the molecule is N#Cc1ccc(COC(=O)CCc2ccccc2Cl)cc1. The molecule has 0 bridgehead atoms. The molecular formula is C17H14ClNO2. The van der Waals surface area contributed by atoms with E-state index < -0.39 is 0 Å². The highest BCUT2D eigenvalue weighted by atomic mass is 35.5. The number of rotatable bonds is 5. The summed E-state index contributed by atoms with van der Waals surface area (Å²) in [4.78, 5) is 11.7. The van der Waals surface area contributed by atoms with E-state index in [2.05, 4.69) is 0 Å². The summed E-state index contributed by atoms with van der Waals surface area (Å²) in [6.07, 6.45) is 0.853. The molecule has 2 rings (SSSR count). The van der Waals surface area contributed by atoms with Gasteiger partial charge in [-0.1, -0.05) is 41.9 Å². The molecule has 0 heterocycles. The largest absolute Gasteiger partial charge is 0.461 e. The molecule has 2 aromatic rings. The average molecular weight is 300 g/mol. The molecular weight excluding hydrogens is 286 g/mol. The maximum atomic E-state index is 11.7. The molecule has 0 radical (unpaired) electrons. The Morgan fingerprint density at radius 1 is 1.14 bits per heavy atom. The number of carbonyl (C=O) groups is 1. The smallest absolute Gasteiger partial charge is 0.306 e. The fourth-order valence-corrected chi connectivity index (χ4v) is 2.08. The number of nitriles is 1. The molecule has 0 saturated heterocycles. The first kappa shape index (κ1) is 15.1. The molecule has 2 aromatic carbocycles. The van der Waals surface area contributed by atoms with Gasteiger partial charge in [0.2, 0.25) is 0 Å². The van der Waals surface area contributed by atoms with Crippen molar-refractivity contribution in [2.45, 2.75) is 19.4 Å². The summed E-state index contributed by atoms with van der Waals surface area (Å²) in [6, 6.07) is 16.5. The molecule has 0 unspecified atom stereocenters. The lowest BCUT2D eigenvalue weighted by Crippen LogP contribution is -2.06. The van der Waals surface area contributed by atoms with Crippen LogP contribution in [0.4, 0.5) is 0 Å². The van der Waals surface area contributed by atoms with Crippen LogP contribution in [0.5, 0.6) is 0 Å². The van der Waals surface area contributed by atoms with Gasteiger partial charge in [0.15, 0.2) is 0 Å². The van der Waals surface area contributed by atoms with Gasteiger partial charge in [0.25, 0.3) is 0 Å². The Morgan fingerprint density at radius 2 is 1.86 bits per heavy atom. The van der Waals surface area contributed by atoms with E-state index in [4.69, 9.17) is 21.6 Å². The molecule has 0 aliphatic heterocycles. The molecule has 106 valence electrons. The van der Waals surface area contributed by atoms with Crippen molar-refractivity contribution in [3.05, 3.63) is 70.2 Å². The monoisotopic (exact) mass is 299 g/mol. The molecule has 0 atom stereocenters. The quantitative estimate of drug-likeness (QED) is 0.787. The van der Waals surface area contributed by atoms with E-state index in [1.165, 1.54) is 0 Å². The van der Waals surface area contributed by atoms with Gasteiger partial charge in [-0.05, 0) is 35.7 Å². The van der Waals surface area contributed by atoms with Crippen molar-refractivity contribution in [2.75, 3.05) is 0 Å². The van der Waals surface area contributed by atoms with E-state index in [1.807, 2.05) is 24.3 Å². The second-order valence-corrected chi connectivity index (χ2v) is 4.97. The van der Waals surface area contributed by atoms with Crippen LogP contribution in [-0.4, -0.2) is 5.97 Å². The van der Waals surface area contributed by atoms with E-state index in [1.54, 1.807) is 30.3 Å². The molecule has 0 amide bonds. The number of hydrogen-bond acceptors (Lipinski definition) is 3. The third-order valence-corrected chi connectivity index (χ3v) is 3.41. The summed E-state index contributed by atoms with van der Waals surface area (Å²) < 4.78 is 5.20. The van der Waals surface area contributed by atoms with Gasteiger partial charge in [0.1, 0.15) is 6.61 Å². The van der Waals surface area contributed by atoms with Gasteiger partial charge in [-0.3, -0.25) is 4.79 Å². The minimum absolute atomic E-state index is 0.215. The lowest BCUT2D eigenvalue weighted by Gasteiger charge is -2.06. The Labute approximate surface area is 128 Å². The van der Waals surface area contributed by atoms with Gasteiger partial charge in [0.05, 0.1) is 11.6 Å². The molecule has 21 heavy (non-hydrogen) atoms. The lowest BCUT2D eigenvalue weighted by atomic mass is 10.1. The lowest BCUT2D eigenvalue weighted by molar-refractivity contribution is -0.144. The highest BCUT2D eigenvalue weighted by Gasteiger charge is 2.06. The number of esters is 1. The molecule has 0 N–H and O–H groups in total. The summed E-state index contributed by atoms with van der Waals surface area (Å²) in [5.41, 5.74) is 2.39. The first-order chi connectivity index (χ1) is 10.2. The fourth-order valence-electron chi connectivity index (χ4n) is 1.85. The number of hydrogen-bond donors (Lipinski definition) is 0. The van der Waals surface area contributed by atoms with Crippen LogP contribution in [0.25, 0.3) is 0 Å². The molecule has 0 fully saturated rings. The van der Waals surface area contributed by atoms with Gasteiger partial charge in [-0.15, -0.1) is 0 Å². The van der Waals surface area contributed by atoms with Gasteiger partial charge in [-0.25, -0.2) is 0 Å². The third kappa shape index (κ3) is 4.62. The number of carbonyl (C=O) groups excluding carboxylic acids is 1. The van der Waals surface area contributed by atoms with E-state index in [9.17, 15) is 4.79 Å². The van der Waals surface area contributed by atoms with Crippen LogP contribution in [0.15, 0.2) is 48.5 Å². The average Bonchev–Trinajstić information content (AvgIpc) is 2.52. The van der Waals surface area contributed by atoms with Crippen molar-refractivity contribution in [3.63, 3.8) is 0 Å². The van der Waals surface area contributed by atoms with E-state index >= 15 is 0 Å². The predicted molar refractivity (Wildman–Crippen MR) is 80.7 cm³/mol. The molecule has 0 aliphatic rings. The minimum atomic E-state index is -0.265. The van der Waals surface area contributed by atoms with Crippen LogP contribution in [0.3, 0.4) is 0 Å². The zero-order valence-corrected chi connectivity index (χ0v) is 12.1. The van der Waals surface area contributed by atoms with Crippen LogP contribution in [-0.2, 0) is 22.6 Å². The predicted octanol–water partition coefficient (Wildman–Crippen LogP) is 3.89. The van der Waals surface area contributed by atoms with E-state index in [0.29, 0.717) is 23.4 Å². The Bertz CT molecular complexity index is 659. The van der Waals surface area contributed by atoms with E-state index in [-0.39, 0.29) is 12.6 Å². The zero-order valence-electron chi connectivity index (χ0n) is 11.4. The first-order valence-electron chi connectivity index (χ1n) is 6.57. The van der Waals surface area contributed by atoms with Crippen molar-refractivity contribution < 1.29 is 9.53 Å². The zero-order chi connectivity index (χ0) is 15.1. The van der Waals surface area contributed by atoms with Crippen LogP contribution in [0.2, 0.25) is 5.02 Å². The maximum Gasteiger partial charge on any atom is 0.306 e. The number of nitrogens with zero attached hydrogens (tertiary/aromatic N) is 1. The summed E-state index contributed by atoms with van der Waals surface area (Å²) >= 11 is 6.03. The standard InChI is InChI=1S/C17H14ClNO2/c18-16-4-2-1-3-15(16)9-10-17(20)21-12-14-7-5-13(11-19)6-8-14/h1-8H,9-10,12H2. The molecule has 0 aliphatic carbocycles. The Morgan fingerprint density at radius 3 is 2.52 bits per heavy atom. The van der Waals surface area contributed by atoms with Gasteiger partial charge in [0, 0.05) is 11.4 Å². The molecule has 4 heteroatoms. The van der Waals surface area contributed by atoms with Crippen molar-refractivity contribution in [1.29, 1.82) is 5.26 Å². The van der Waals surface area contributed by atoms with Crippen molar-refractivity contribution >= 4 is 17.6 Å². The second kappa shape index (κ2) is 7.47. The highest BCUT2D eigenvalue weighted by Crippen LogP contribution is 2.16. The summed E-state index contributed by atoms with van der Waals surface area (Å²) in [7, 11) is 0. The minimum Gasteiger partial charge on any atom is -0.461 e.